The Bertz CT molecular complexity index is 1050. The Balaban J connectivity index is 1.75. The van der Waals surface area contributed by atoms with Gasteiger partial charge in [-0.25, -0.2) is 17.7 Å². The number of hydrogen-bond donors (Lipinski definition) is 1. The number of H-pyrrole nitrogens is 1. The first-order valence-corrected chi connectivity index (χ1v) is 10.3. The number of hydrogen-bond acceptors (Lipinski definition) is 5. The standard InChI is InChI=1S/C18H19N3O3S2/c1-12-18(14-6-4-5-7-15(14)20-12)16(22)11-25-17-9-8-13(10-19-17)26(23,24)21(2)3/h4-10,20H,11H2,1-3H3. The summed E-state index contributed by atoms with van der Waals surface area (Å²) in [6, 6.07) is 10.8. The highest BCUT2D eigenvalue weighted by atomic mass is 32.2. The Morgan fingerprint density at radius 3 is 2.58 bits per heavy atom. The van der Waals surface area contributed by atoms with Crippen molar-refractivity contribution < 1.29 is 13.2 Å². The fourth-order valence-electron chi connectivity index (χ4n) is 2.66. The van der Waals surface area contributed by atoms with E-state index in [9.17, 15) is 13.2 Å². The quantitative estimate of drug-likeness (QED) is 0.517. The zero-order valence-electron chi connectivity index (χ0n) is 14.7. The fourth-order valence-corrected chi connectivity index (χ4v) is 4.23. The van der Waals surface area contributed by atoms with E-state index in [2.05, 4.69) is 9.97 Å². The molecule has 26 heavy (non-hydrogen) atoms. The largest absolute Gasteiger partial charge is 0.358 e. The molecule has 2 aromatic heterocycles. The number of nitrogens with zero attached hydrogens (tertiary/aromatic N) is 2. The highest BCUT2D eigenvalue weighted by molar-refractivity contribution is 7.99. The van der Waals surface area contributed by atoms with Crippen LogP contribution in [-0.2, 0) is 10.0 Å². The van der Waals surface area contributed by atoms with Crippen LogP contribution < -0.4 is 0 Å². The first-order valence-electron chi connectivity index (χ1n) is 7.92. The molecule has 6 nitrogen and oxygen atoms in total. The number of aryl methyl sites for hydroxylation is 1. The number of nitrogens with one attached hydrogen (secondary N) is 1. The monoisotopic (exact) mass is 389 g/mol. The van der Waals surface area contributed by atoms with E-state index in [0.29, 0.717) is 10.6 Å². The van der Waals surface area contributed by atoms with Crippen molar-refractivity contribution in [1.29, 1.82) is 0 Å². The molecule has 0 aliphatic rings. The maximum Gasteiger partial charge on any atom is 0.244 e. The van der Waals surface area contributed by atoms with E-state index in [1.165, 1.54) is 38.1 Å². The maximum absolute atomic E-state index is 12.7. The van der Waals surface area contributed by atoms with Gasteiger partial charge in [-0.3, -0.25) is 4.79 Å². The molecular weight excluding hydrogens is 370 g/mol. The average molecular weight is 390 g/mol. The van der Waals surface area contributed by atoms with Crippen LogP contribution in [0.3, 0.4) is 0 Å². The Labute approximate surface area is 156 Å². The van der Waals surface area contributed by atoms with Gasteiger partial charge in [-0.2, -0.15) is 0 Å². The van der Waals surface area contributed by atoms with Crippen molar-refractivity contribution in [3.63, 3.8) is 0 Å². The van der Waals surface area contributed by atoms with E-state index in [-0.39, 0.29) is 16.4 Å². The first-order chi connectivity index (χ1) is 12.3. The van der Waals surface area contributed by atoms with Crippen molar-refractivity contribution in [2.75, 3.05) is 19.8 Å². The molecule has 0 aliphatic heterocycles. The number of carbonyl (C=O) groups excluding carboxylic acids is 1. The Morgan fingerprint density at radius 2 is 1.92 bits per heavy atom. The van der Waals surface area contributed by atoms with Crippen molar-refractivity contribution in [2.45, 2.75) is 16.8 Å². The third kappa shape index (κ3) is 3.53. The van der Waals surface area contributed by atoms with Gasteiger partial charge in [0.15, 0.2) is 5.78 Å². The molecule has 8 heteroatoms. The molecule has 3 aromatic rings. The molecule has 0 bridgehead atoms. The first kappa shape index (κ1) is 18.6. The van der Waals surface area contributed by atoms with Crippen molar-refractivity contribution >= 4 is 38.5 Å². The number of benzene rings is 1. The van der Waals surface area contributed by atoms with Crippen LogP contribution in [0.25, 0.3) is 10.9 Å². The second-order valence-corrected chi connectivity index (χ2v) is 9.15. The molecule has 2 heterocycles. The molecule has 1 aromatic carbocycles. The molecule has 0 amide bonds. The predicted molar refractivity (Wildman–Crippen MR) is 103 cm³/mol. The molecule has 0 aliphatic carbocycles. The molecule has 0 radical (unpaired) electrons. The van der Waals surface area contributed by atoms with Crippen molar-refractivity contribution in [1.82, 2.24) is 14.3 Å². The number of ketones is 1. The molecule has 0 unspecified atom stereocenters. The van der Waals surface area contributed by atoms with E-state index in [1.807, 2.05) is 31.2 Å². The number of rotatable bonds is 6. The van der Waals surface area contributed by atoms with E-state index < -0.39 is 10.0 Å². The fraction of sp³-hybridized carbons (Fsp3) is 0.222. The molecule has 0 fully saturated rings. The van der Waals surface area contributed by atoms with Crippen LogP contribution in [0.5, 0.6) is 0 Å². The van der Waals surface area contributed by atoms with Crippen LogP contribution in [0.15, 0.2) is 52.5 Å². The number of aromatic nitrogens is 2. The Morgan fingerprint density at radius 1 is 1.19 bits per heavy atom. The number of carbonyl (C=O) groups is 1. The molecular formula is C18H19N3O3S2. The van der Waals surface area contributed by atoms with Gasteiger partial charge in [-0.1, -0.05) is 30.0 Å². The van der Waals surface area contributed by atoms with Gasteiger partial charge >= 0.3 is 0 Å². The van der Waals surface area contributed by atoms with Crippen LogP contribution in [-0.4, -0.2) is 48.3 Å². The minimum absolute atomic E-state index is 0.0109. The third-order valence-corrected chi connectivity index (χ3v) is 6.75. The van der Waals surface area contributed by atoms with Gasteiger partial charge in [0.25, 0.3) is 0 Å². The van der Waals surface area contributed by atoms with E-state index in [1.54, 1.807) is 6.07 Å². The molecule has 0 saturated heterocycles. The number of thioether (sulfide) groups is 1. The molecule has 1 N–H and O–H groups in total. The lowest BCUT2D eigenvalue weighted by atomic mass is 10.1. The van der Waals surface area contributed by atoms with Crippen LogP contribution in [0.2, 0.25) is 0 Å². The molecule has 0 spiro atoms. The summed E-state index contributed by atoms with van der Waals surface area (Å²) in [6.45, 7) is 1.89. The smallest absolute Gasteiger partial charge is 0.244 e. The van der Waals surface area contributed by atoms with Crippen LogP contribution >= 0.6 is 11.8 Å². The summed E-state index contributed by atoms with van der Waals surface area (Å²) in [6.07, 6.45) is 1.32. The van der Waals surface area contributed by atoms with E-state index in [0.717, 1.165) is 20.9 Å². The van der Waals surface area contributed by atoms with Crippen molar-refractivity contribution in [2.24, 2.45) is 0 Å². The topological polar surface area (TPSA) is 83.1 Å². The lowest BCUT2D eigenvalue weighted by molar-refractivity contribution is 0.102. The van der Waals surface area contributed by atoms with Gasteiger partial charge in [0, 0.05) is 42.5 Å². The van der Waals surface area contributed by atoms with Crippen LogP contribution in [0.1, 0.15) is 16.1 Å². The SMILES string of the molecule is Cc1[nH]c2ccccc2c1C(=O)CSc1ccc(S(=O)(=O)N(C)C)cn1. The summed E-state index contributed by atoms with van der Waals surface area (Å²) in [5.41, 5.74) is 2.48. The summed E-state index contributed by atoms with van der Waals surface area (Å²) in [7, 11) is -0.555. The lowest BCUT2D eigenvalue weighted by Gasteiger charge is -2.11. The highest BCUT2D eigenvalue weighted by Crippen LogP contribution is 2.25. The van der Waals surface area contributed by atoms with Crippen LogP contribution in [0, 0.1) is 6.92 Å². The summed E-state index contributed by atoms with van der Waals surface area (Å²) >= 11 is 1.29. The summed E-state index contributed by atoms with van der Waals surface area (Å²) < 4.78 is 25.2. The molecule has 136 valence electrons. The highest BCUT2D eigenvalue weighted by Gasteiger charge is 2.18. The molecule has 0 saturated carbocycles. The van der Waals surface area contributed by atoms with Crippen molar-refractivity contribution in [3.8, 4) is 0 Å². The maximum atomic E-state index is 12.7. The van der Waals surface area contributed by atoms with Crippen LogP contribution in [0.4, 0.5) is 0 Å². The zero-order chi connectivity index (χ0) is 18.9. The second kappa shape index (κ2) is 7.22. The number of aromatic amines is 1. The minimum atomic E-state index is -3.50. The molecule has 3 rings (SSSR count). The number of fused-ring (bicyclic) bond motifs is 1. The van der Waals surface area contributed by atoms with Crippen molar-refractivity contribution in [3.05, 3.63) is 53.9 Å². The van der Waals surface area contributed by atoms with Gasteiger partial charge in [0.1, 0.15) is 4.90 Å². The Kier molecular flexibility index (Phi) is 5.17. The molecule has 0 atom stereocenters. The predicted octanol–water partition coefficient (Wildman–Crippen LogP) is 3.10. The minimum Gasteiger partial charge on any atom is -0.358 e. The lowest BCUT2D eigenvalue weighted by Crippen LogP contribution is -2.22. The normalized spacial score (nSPS) is 12.0. The van der Waals surface area contributed by atoms with Gasteiger partial charge in [0.2, 0.25) is 10.0 Å². The number of Topliss-reactive ketones (excluding diaryl/α,β-unsaturated/α-hetero) is 1. The average Bonchev–Trinajstić information content (AvgIpc) is 2.95. The summed E-state index contributed by atoms with van der Waals surface area (Å²) in [4.78, 5) is 20.2. The number of para-hydroxylation sites is 1. The summed E-state index contributed by atoms with van der Waals surface area (Å²) in [5, 5.41) is 1.52. The van der Waals surface area contributed by atoms with Gasteiger partial charge < -0.3 is 4.98 Å². The third-order valence-electron chi connectivity index (χ3n) is 4.01. The summed E-state index contributed by atoms with van der Waals surface area (Å²) in [5.74, 6) is 0.242. The van der Waals surface area contributed by atoms with E-state index >= 15 is 0 Å². The number of pyridine rings is 1. The van der Waals surface area contributed by atoms with Gasteiger partial charge in [-0.15, -0.1) is 0 Å². The second-order valence-electron chi connectivity index (χ2n) is 6.00. The Hall–Kier alpha value is -2.16. The number of sulfonamides is 1. The van der Waals surface area contributed by atoms with Gasteiger partial charge in [-0.05, 0) is 25.1 Å². The van der Waals surface area contributed by atoms with Gasteiger partial charge in [0.05, 0.1) is 10.8 Å². The van der Waals surface area contributed by atoms with E-state index in [4.69, 9.17) is 0 Å². The zero-order valence-corrected chi connectivity index (χ0v) is 16.3.